The number of hydrogen-bond donors (Lipinski definition) is 0. The van der Waals surface area contributed by atoms with Crippen molar-refractivity contribution < 1.29 is 0 Å². The zero-order valence-corrected chi connectivity index (χ0v) is 41.9. The van der Waals surface area contributed by atoms with Crippen LogP contribution in [0.15, 0.2) is 259 Å². The normalized spacial score (nSPS) is 12.8. The highest BCUT2D eigenvalue weighted by molar-refractivity contribution is 8.00. The van der Waals surface area contributed by atoms with Crippen LogP contribution >= 0.6 is 11.8 Å². The Morgan fingerprint density at radius 2 is 0.877 bits per heavy atom. The van der Waals surface area contributed by atoms with E-state index in [-0.39, 0.29) is 12.1 Å². The van der Waals surface area contributed by atoms with Gasteiger partial charge >= 0.3 is 0 Å². The second kappa shape index (κ2) is 17.2. The molecule has 0 unspecified atom stereocenters. The number of nitrogens with zero attached hydrogens (tertiary/aromatic N) is 1. The molecule has 344 valence electrons. The van der Waals surface area contributed by atoms with Gasteiger partial charge in [0.1, 0.15) is 0 Å². The van der Waals surface area contributed by atoms with Gasteiger partial charge in [0.25, 0.3) is 0 Å². The van der Waals surface area contributed by atoms with Crippen LogP contribution in [0.1, 0.15) is 26.3 Å². The SMILES string of the molecule is CC(C)(C)c1cc2c3c(c1)N(c1c(-c4ccccc4)cccc1-c1ccccc1)c1cc(-c4c5ccccc5c(-c5ccc6ccccc6c5)c5ccccc45)ccc1B3c1cc(-c3ccccc3)ccc1S2. The molecule has 0 aromatic heterocycles. The van der Waals surface area contributed by atoms with Crippen molar-refractivity contribution in [3.8, 4) is 55.6 Å². The molecule has 12 aromatic carbocycles. The fourth-order valence-electron chi connectivity index (χ4n) is 12.0. The van der Waals surface area contributed by atoms with Gasteiger partial charge in [-0.25, -0.2) is 0 Å². The maximum atomic E-state index is 2.68. The number of rotatable bonds is 6. The van der Waals surface area contributed by atoms with Crippen LogP contribution < -0.4 is 21.3 Å². The Hall–Kier alpha value is -8.37. The van der Waals surface area contributed by atoms with E-state index in [0.717, 1.165) is 0 Å². The van der Waals surface area contributed by atoms with Gasteiger partial charge in [0.05, 0.1) is 5.69 Å². The van der Waals surface area contributed by atoms with E-state index >= 15 is 0 Å². The second-order valence-electron chi connectivity index (χ2n) is 20.8. The molecule has 14 rings (SSSR count). The zero-order valence-electron chi connectivity index (χ0n) is 41.1. The predicted molar refractivity (Wildman–Crippen MR) is 315 cm³/mol. The van der Waals surface area contributed by atoms with Gasteiger partial charge in [0.15, 0.2) is 0 Å². The molecule has 73 heavy (non-hydrogen) atoms. The molecule has 0 saturated heterocycles. The van der Waals surface area contributed by atoms with Crippen molar-refractivity contribution in [3.05, 3.63) is 254 Å². The Morgan fingerprint density at radius 1 is 0.356 bits per heavy atom. The number of para-hydroxylation sites is 1. The van der Waals surface area contributed by atoms with Gasteiger partial charge in [-0.15, -0.1) is 0 Å². The van der Waals surface area contributed by atoms with Crippen molar-refractivity contribution in [2.75, 3.05) is 4.90 Å². The van der Waals surface area contributed by atoms with Crippen molar-refractivity contribution in [2.24, 2.45) is 0 Å². The minimum atomic E-state index is -0.112. The van der Waals surface area contributed by atoms with Crippen molar-refractivity contribution in [1.29, 1.82) is 0 Å². The Kier molecular flexibility index (Phi) is 10.2. The minimum absolute atomic E-state index is 0.00735. The molecule has 2 aliphatic heterocycles. The van der Waals surface area contributed by atoms with E-state index in [0.29, 0.717) is 0 Å². The topological polar surface area (TPSA) is 3.24 Å². The molecule has 0 radical (unpaired) electrons. The molecule has 0 aliphatic carbocycles. The van der Waals surface area contributed by atoms with E-state index < -0.39 is 0 Å². The monoisotopic (exact) mass is 947 g/mol. The van der Waals surface area contributed by atoms with Gasteiger partial charge < -0.3 is 4.90 Å². The van der Waals surface area contributed by atoms with Crippen molar-refractivity contribution >= 4 is 84.2 Å². The first-order valence-corrected chi connectivity index (χ1v) is 26.3. The average molecular weight is 948 g/mol. The molecular formula is C70H50BNS. The Morgan fingerprint density at radius 3 is 1.48 bits per heavy atom. The number of benzene rings is 12. The molecule has 2 aliphatic rings. The second-order valence-corrected chi connectivity index (χ2v) is 21.8. The lowest BCUT2D eigenvalue weighted by atomic mass is 9.34. The summed E-state index contributed by atoms with van der Waals surface area (Å²) in [7, 11) is 0. The standard InChI is InChI=1S/C70H50BNS/c1-70(2,3)53-43-63-68-65(44-53)73-64-39-37-50(45-20-7-4-8-21-45)41-61(64)71(68)60-38-36-52(42-62(60)72(63)69-54(47-23-9-5-10-24-47)32-19-33-55(69)48-25-11-6-12-26-48)67-58-30-17-15-28-56(58)66(57-29-16-18-31-59(57)67)51-35-34-46-22-13-14-27-49(46)40-51/h4-44H,1-3H3. The fraction of sp³-hybridized carbons (Fsp3) is 0.0571. The molecular weight excluding hydrogens is 898 g/mol. The maximum absolute atomic E-state index is 2.68. The van der Waals surface area contributed by atoms with Crippen molar-refractivity contribution in [1.82, 2.24) is 0 Å². The molecule has 2 heterocycles. The van der Waals surface area contributed by atoms with Crippen LogP contribution in [-0.4, -0.2) is 6.71 Å². The highest BCUT2D eigenvalue weighted by atomic mass is 32.2. The number of anilines is 3. The molecule has 0 spiro atoms. The van der Waals surface area contributed by atoms with Crippen molar-refractivity contribution in [3.63, 3.8) is 0 Å². The third-order valence-electron chi connectivity index (χ3n) is 15.4. The summed E-state index contributed by atoms with van der Waals surface area (Å²) < 4.78 is 0. The minimum Gasteiger partial charge on any atom is -0.310 e. The summed E-state index contributed by atoms with van der Waals surface area (Å²) in [5, 5.41) is 7.47. The third-order valence-corrected chi connectivity index (χ3v) is 16.6. The average Bonchev–Trinajstić information content (AvgIpc) is 3.44. The maximum Gasteiger partial charge on any atom is 0.249 e. The van der Waals surface area contributed by atoms with Gasteiger partial charge in [0, 0.05) is 32.3 Å². The molecule has 12 aromatic rings. The van der Waals surface area contributed by atoms with E-state index in [1.54, 1.807) is 0 Å². The van der Waals surface area contributed by atoms with Gasteiger partial charge in [0.2, 0.25) is 6.71 Å². The first kappa shape index (κ1) is 43.4. The summed E-state index contributed by atoms with van der Waals surface area (Å²) in [5.74, 6) is 0. The lowest BCUT2D eigenvalue weighted by molar-refractivity contribution is 0.589. The Labute approximate surface area is 432 Å². The lowest BCUT2D eigenvalue weighted by Gasteiger charge is -2.43. The van der Waals surface area contributed by atoms with Crippen LogP contribution in [0, 0.1) is 0 Å². The summed E-state index contributed by atoms with van der Waals surface area (Å²) in [6.45, 7) is 7.07. The van der Waals surface area contributed by atoms with E-state index in [2.05, 4.69) is 274 Å². The van der Waals surface area contributed by atoms with Crippen LogP contribution in [-0.2, 0) is 5.41 Å². The van der Waals surface area contributed by atoms with Crippen LogP contribution in [0.5, 0.6) is 0 Å². The number of hydrogen-bond acceptors (Lipinski definition) is 2. The van der Waals surface area contributed by atoms with Gasteiger partial charge in [-0.1, -0.05) is 256 Å². The lowest BCUT2D eigenvalue weighted by Crippen LogP contribution is -2.60. The summed E-state index contributed by atoms with van der Waals surface area (Å²) in [4.78, 5) is 5.31. The first-order chi connectivity index (χ1) is 35.9. The highest BCUT2D eigenvalue weighted by Gasteiger charge is 2.43. The molecule has 0 fully saturated rings. The van der Waals surface area contributed by atoms with E-state index in [1.807, 2.05) is 11.8 Å². The third kappa shape index (κ3) is 7.17. The molecule has 3 heteroatoms. The van der Waals surface area contributed by atoms with E-state index in [1.165, 1.54) is 137 Å². The summed E-state index contributed by atoms with van der Waals surface area (Å²) in [5.41, 5.74) is 21.0. The zero-order chi connectivity index (χ0) is 48.8. The van der Waals surface area contributed by atoms with Crippen LogP contribution in [0.25, 0.3) is 88.0 Å². The van der Waals surface area contributed by atoms with Crippen LogP contribution in [0.3, 0.4) is 0 Å². The molecule has 0 bridgehead atoms. The molecule has 0 amide bonds. The van der Waals surface area contributed by atoms with Crippen LogP contribution in [0.2, 0.25) is 0 Å². The van der Waals surface area contributed by atoms with E-state index in [9.17, 15) is 0 Å². The molecule has 0 atom stereocenters. The largest absolute Gasteiger partial charge is 0.310 e. The quantitative estimate of drug-likeness (QED) is 0.121. The summed E-state index contributed by atoms with van der Waals surface area (Å²) in [6, 6.07) is 93.3. The van der Waals surface area contributed by atoms with Gasteiger partial charge in [-0.3, -0.25) is 0 Å². The predicted octanol–water partition coefficient (Wildman–Crippen LogP) is 17.5. The summed E-state index contributed by atoms with van der Waals surface area (Å²) in [6.07, 6.45) is 0. The fourth-order valence-corrected chi connectivity index (χ4v) is 13.2. The highest BCUT2D eigenvalue weighted by Crippen LogP contribution is 2.52. The smallest absolute Gasteiger partial charge is 0.249 e. The number of fused-ring (bicyclic) bond motifs is 7. The van der Waals surface area contributed by atoms with Crippen LogP contribution in [0.4, 0.5) is 17.1 Å². The molecule has 0 saturated carbocycles. The Bertz CT molecular complexity index is 4040. The first-order valence-electron chi connectivity index (χ1n) is 25.5. The van der Waals surface area contributed by atoms with Gasteiger partial charge in [-0.2, -0.15) is 0 Å². The van der Waals surface area contributed by atoms with Gasteiger partial charge in [-0.05, 0) is 129 Å². The molecule has 1 nitrogen and oxygen atoms in total. The summed E-state index contributed by atoms with van der Waals surface area (Å²) >= 11 is 1.93. The van der Waals surface area contributed by atoms with Crippen molar-refractivity contribution in [2.45, 2.75) is 36.0 Å². The molecule has 0 N–H and O–H groups in total. The Balaban J connectivity index is 1.10. The van der Waals surface area contributed by atoms with E-state index in [4.69, 9.17) is 0 Å².